The molecule has 0 aliphatic rings. The Hall–Kier alpha value is -0.870. The van der Waals surface area contributed by atoms with Gasteiger partial charge in [-0.15, -0.1) is 11.3 Å². The van der Waals surface area contributed by atoms with Crippen molar-refractivity contribution in [2.75, 3.05) is 13.6 Å². The number of rotatable bonds is 6. The Labute approximate surface area is 101 Å². The van der Waals surface area contributed by atoms with E-state index in [-0.39, 0.29) is 5.92 Å². The number of aryl methyl sites for hydroxylation is 1. The second-order valence-corrected chi connectivity index (χ2v) is 5.41. The highest BCUT2D eigenvalue weighted by molar-refractivity contribution is 7.11. The van der Waals surface area contributed by atoms with Gasteiger partial charge in [0.1, 0.15) is 0 Å². The maximum atomic E-state index is 10.7. The lowest BCUT2D eigenvalue weighted by molar-refractivity contribution is -0.141. The van der Waals surface area contributed by atoms with E-state index in [1.165, 1.54) is 9.75 Å². The molecule has 90 valence electrons. The molecule has 0 spiro atoms. The molecule has 0 aromatic carbocycles. The van der Waals surface area contributed by atoms with Gasteiger partial charge in [-0.1, -0.05) is 13.8 Å². The van der Waals surface area contributed by atoms with Gasteiger partial charge in [-0.2, -0.15) is 0 Å². The molecule has 1 heterocycles. The van der Waals surface area contributed by atoms with Crippen LogP contribution in [0.5, 0.6) is 0 Å². The van der Waals surface area contributed by atoms with Crippen molar-refractivity contribution in [1.82, 2.24) is 4.90 Å². The average Bonchev–Trinajstić information content (AvgIpc) is 2.65. The molecule has 1 atom stereocenters. The zero-order chi connectivity index (χ0) is 12.1. The second kappa shape index (κ2) is 6.01. The van der Waals surface area contributed by atoms with Crippen LogP contribution < -0.4 is 0 Å². The SMILES string of the molecule is CCc1ccc(CN(C)CC(C)C(=O)O)s1. The number of thiophene rings is 1. The maximum absolute atomic E-state index is 10.7. The van der Waals surface area contributed by atoms with Gasteiger partial charge in [-0.25, -0.2) is 0 Å². The van der Waals surface area contributed by atoms with Crippen molar-refractivity contribution in [3.05, 3.63) is 21.9 Å². The Morgan fingerprint density at radius 2 is 2.12 bits per heavy atom. The van der Waals surface area contributed by atoms with E-state index in [1.807, 2.05) is 18.4 Å². The summed E-state index contributed by atoms with van der Waals surface area (Å²) < 4.78 is 0. The van der Waals surface area contributed by atoms with E-state index in [9.17, 15) is 4.79 Å². The van der Waals surface area contributed by atoms with Gasteiger partial charge in [0.25, 0.3) is 0 Å². The first-order valence-corrected chi connectivity index (χ1v) is 6.33. The van der Waals surface area contributed by atoms with Crippen molar-refractivity contribution in [3.8, 4) is 0 Å². The standard InChI is InChI=1S/C12H19NO2S/c1-4-10-5-6-11(16-10)8-13(3)7-9(2)12(14)15/h5-6,9H,4,7-8H2,1-3H3,(H,14,15). The first-order valence-electron chi connectivity index (χ1n) is 5.51. The third-order valence-electron chi connectivity index (χ3n) is 2.50. The summed E-state index contributed by atoms with van der Waals surface area (Å²) in [5.74, 6) is -1.04. The van der Waals surface area contributed by atoms with E-state index >= 15 is 0 Å². The Bertz CT molecular complexity index is 349. The van der Waals surface area contributed by atoms with Crippen molar-refractivity contribution < 1.29 is 9.90 Å². The van der Waals surface area contributed by atoms with Crippen LogP contribution in [0.1, 0.15) is 23.6 Å². The molecule has 4 heteroatoms. The van der Waals surface area contributed by atoms with Crippen molar-refractivity contribution in [1.29, 1.82) is 0 Å². The van der Waals surface area contributed by atoms with Gasteiger partial charge in [-0.05, 0) is 25.6 Å². The van der Waals surface area contributed by atoms with Crippen LogP contribution in [0.2, 0.25) is 0 Å². The predicted molar refractivity (Wildman–Crippen MR) is 66.8 cm³/mol. The lowest BCUT2D eigenvalue weighted by Gasteiger charge is -2.17. The predicted octanol–water partition coefficient (Wildman–Crippen LogP) is 2.46. The summed E-state index contributed by atoms with van der Waals surface area (Å²) in [6.07, 6.45) is 1.07. The van der Waals surface area contributed by atoms with Crippen molar-refractivity contribution in [2.24, 2.45) is 5.92 Å². The Balaban J connectivity index is 2.44. The number of hydrogen-bond donors (Lipinski definition) is 1. The maximum Gasteiger partial charge on any atom is 0.307 e. The molecule has 0 aliphatic carbocycles. The highest BCUT2D eigenvalue weighted by atomic mass is 32.1. The summed E-state index contributed by atoms with van der Waals surface area (Å²) in [5, 5.41) is 8.82. The van der Waals surface area contributed by atoms with Gasteiger partial charge < -0.3 is 10.0 Å². The van der Waals surface area contributed by atoms with Crippen LogP contribution >= 0.6 is 11.3 Å². The summed E-state index contributed by atoms with van der Waals surface area (Å²) in [6.45, 7) is 5.31. The third-order valence-corrected chi connectivity index (χ3v) is 3.71. The molecular weight excluding hydrogens is 222 g/mol. The van der Waals surface area contributed by atoms with E-state index in [0.717, 1.165) is 13.0 Å². The van der Waals surface area contributed by atoms with E-state index in [1.54, 1.807) is 6.92 Å². The smallest absolute Gasteiger partial charge is 0.307 e. The molecule has 1 aromatic rings. The molecule has 0 radical (unpaired) electrons. The van der Waals surface area contributed by atoms with Crippen LogP contribution in [-0.4, -0.2) is 29.6 Å². The van der Waals surface area contributed by atoms with E-state index in [0.29, 0.717) is 6.54 Å². The van der Waals surface area contributed by atoms with Gasteiger partial charge in [0.05, 0.1) is 5.92 Å². The van der Waals surface area contributed by atoms with Crippen molar-refractivity contribution in [2.45, 2.75) is 26.8 Å². The molecule has 1 unspecified atom stereocenters. The molecule has 1 rings (SSSR count). The quantitative estimate of drug-likeness (QED) is 0.831. The molecule has 3 nitrogen and oxygen atoms in total. The highest BCUT2D eigenvalue weighted by Crippen LogP contribution is 2.18. The lowest BCUT2D eigenvalue weighted by atomic mass is 10.2. The normalized spacial score (nSPS) is 13.0. The number of carboxylic acids is 1. The molecular formula is C12H19NO2S. The first-order chi connectivity index (χ1) is 7.52. The van der Waals surface area contributed by atoms with Crippen LogP contribution in [0, 0.1) is 5.92 Å². The van der Waals surface area contributed by atoms with Gasteiger partial charge in [0.15, 0.2) is 0 Å². The molecule has 0 aliphatic heterocycles. The Morgan fingerprint density at radius 3 is 2.62 bits per heavy atom. The minimum absolute atomic E-state index is 0.310. The molecule has 0 saturated carbocycles. The molecule has 1 aromatic heterocycles. The number of aliphatic carboxylic acids is 1. The summed E-state index contributed by atoms with van der Waals surface area (Å²) in [6, 6.07) is 4.28. The fraction of sp³-hybridized carbons (Fsp3) is 0.583. The van der Waals surface area contributed by atoms with Crippen LogP contribution in [0.25, 0.3) is 0 Å². The molecule has 0 fully saturated rings. The molecule has 1 N–H and O–H groups in total. The summed E-state index contributed by atoms with van der Waals surface area (Å²) in [7, 11) is 1.96. The van der Waals surface area contributed by atoms with Crippen molar-refractivity contribution >= 4 is 17.3 Å². The van der Waals surface area contributed by atoms with Crippen molar-refractivity contribution in [3.63, 3.8) is 0 Å². The summed E-state index contributed by atoms with van der Waals surface area (Å²) in [5.41, 5.74) is 0. The van der Waals surface area contributed by atoms with Gasteiger partial charge in [0, 0.05) is 22.8 Å². The van der Waals surface area contributed by atoms with E-state index in [4.69, 9.17) is 5.11 Å². The Morgan fingerprint density at radius 1 is 1.50 bits per heavy atom. The monoisotopic (exact) mass is 241 g/mol. The molecule has 0 amide bonds. The largest absolute Gasteiger partial charge is 0.481 e. The Kier molecular flexibility index (Phi) is 4.96. The summed E-state index contributed by atoms with van der Waals surface area (Å²) in [4.78, 5) is 15.5. The number of hydrogen-bond acceptors (Lipinski definition) is 3. The van der Waals surface area contributed by atoms with Gasteiger partial charge in [0.2, 0.25) is 0 Å². The first kappa shape index (κ1) is 13.2. The second-order valence-electron chi connectivity index (χ2n) is 4.16. The number of carbonyl (C=O) groups is 1. The lowest BCUT2D eigenvalue weighted by Crippen LogP contribution is -2.27. The van der Waals surface area contributed by atoms with Crippen LogP contribution in [0.4, 0.5) is 0 Å². The molecule has 0 bridgehead atoms. The fourth-order valence-electron chi connectivity index (χ4n) is 1.57. The van der Waals surface area contributed by atoms with Crippen LogP contribution in [0.15, 0.2) is 12.1 Å². The fourth-order valence-corrected chi connectivity index (χ4v) is 2.61. The highest BCUT2D eigenvalue weighted by Gasteiger charge is 2.13. The topological polar surface area (TPSA) is 40.5 Å². The zero-order valence-corrected chi connectivity index (χ0v) is 10.9. The van der Waals surface area contributed by atoms with Crippen LogP contribution in [0.3, 0.4) is 0 Å². The molecule has 16 heavy (non-hydrogen) atoms. The van der Waals surface area contributed by atoms with Crippen LogP contribution in [-0.2, 0) is 17.8 Å². The van der Waals surface area contributed by atoms with Gasteiger partial charge in [-0.3, -0.25) is 4.79 Å². The minimum Gasteiger partial charge on any atom is -0.481 e. The zero-order valence-electron chi connectivity index (χ0n) is 10.1. The van der Waals surface area contributed by atoms with E-state index < -0.39 is 5.97 Å². The number of carboxylic acid groups (broad SMARTS) is 1. The average molecular weight is 241 g/mol. The number of nitrogens with zero attached hydrogens (tertiary/aromatic N) is 1. The minimum atomic E-state index is -0.729. The third kappa shape index (κ3) is 3.94. The van der Waals surface area contributed by atoms with Gasteiger partial charge >= 0.3 is 5.97 Å². The van der Waals surface area contributed by atoms with E-state index in [2.05, 4.69) is 24.0 Å². The molecule has 0 saturated heterocycles. The summed E-state index contributed by atoms with van der Waals surface area (Å²) >= 11 is 1.81.